The molecule has 0 unspecified atom stereocenters. The van der Waals surface area contributed by atoms with E-state index in [1.165, 1.54) is 30.3 Å². The van der Waals surface area contributed by atoms with Crippen molar-refractivity contribution in [3.8, 4) is 11.5 Å². The second-order valence-electron chi connectivity index (χ2n) is 7.70. The Balaban J connectivity index is 1.73. The molecule has 1 aliphatic rings. The van der Waals surface area contributed by atoms with Gasteiger partial charge in [0, 0.05) is 16.7 Å². The molecule has 3 aromatic carbocycles. The molecule has 186 valence electrons. The van der Waals surface area contributed by atoms with Gasteiger partial charge >= 0.3 is 11.7 Å². The third kappa shape index (κ3) is 4.99. The Morgan fingerprint density at radius 2 is 1.68 bits per heavy atom. The summed E-state index contributed by atoms with van der Waals surface area (Å²) in [5.74, 6) is -2.17. The van der Waals surface area contributed by atoms with Gasteiger partial charge in [0.05, 0.1) is 21.6 Å². The first kappa shape index (κ1) is 25.0. The van der Waals surface area contributed by atoms with Crippen LogP contribution in [-0.4, -0.2) is 27.7 Å². The van der Waals surface area contributed by atoms with Crippen molar-refractivity contribution in [2.24, 2.45) is 0 Å². The number of imide groups is 2. The third-order valence-electron chi connectivity index (χ3n) is 5.30. The summed E-state index contributed by atoms with van der Waals surface area (Å²) < 4.78 is 5.66. The molecule has 37 heavy (non-hydrogen) atoms. The Hall–Kier alpha value is -5.10. The first-order chi connectivity index (χ1) is 17.6. The Labute approximate surface area is 213 Å². The highest BCUT2D eigenvalue weighted by Gasteiger charge is 2.37. The third-order valence-corrected chi connectivity index (χ3v) is 5.71. The zero-order valence-electron chi connectivity index (χ0n) is 18.8. The molecule has 1 fully saturated rings. The number of hydrogen-bond donors (Lipinski definition) is 1. The van der Waals surface area contributed by atoms with Gasteiger partial charge in [0.1, 0.15) is 11.3 Å². The van der Waals surface area contributed by atoms with Crippen molar-refractivity contribution in [2.75, 3.05) is 4.90 Å². The number of anilines is 1. The van der Waals surface area contributed by atoms with Crippen LogP contribution in [0.2, 0.25) is 5.02 Å². The van der Waals surface area contributed by atoms with E-state index in [1.807, 2.05) is 0 Å². The number of para-hydroxylation sites is 1. The topological polar surface area (TPSA) is 162 Å². The largest absolute Gasteiger partial charge is 0.449 e. The van der Waals surface area contributed by atoms with Crippen molar-refractivity contribution in [2.45, 2.75) is 6.92 Å². The van der Waals surface area contributed by atoms with Gasteiger partial charge in [-0.3, -0.25) is 35.1 Å². The molecule has 0 radical (unpaired) electrons. The van der Waals surface area contributed by atoms with Crippen LogP contribution in [0.15, 0.2) is 66.2 Å². The summed E-state index contributed by atoms with van der Waals surface area (Å²) >= 11 is 6.13. The minimum atomic E-state index is -0.960. The molecule has 4 rings (SSSR count). The average molecular weight is 523 g/mol. The number of rotatable bonds is 6. The maximum Gasteiger partial charge on any atom is 0.335 e. The number of halogens is 1. The van der Waals surface area contributed by atoms with Gasteiger partial charge in [-0.2, -0.15) is 0 Å². The van der Waals surface area contributed by atoms with Gasteiger partial charge in [-0.15, -0.1) is 0 Å². The van der Waals surface area contributed by atoms with Crippen LogP contribution in [0.3, 0.4) is 0 Å². The first-order valence-corrected chi connectivity index (χ1v) is 10.8. The molecule has 0 bridgehead atoms. The van der Waals surface area contributed by atoms with Gasteiger partial charge in [-0.05, 0) is 42.8 Å². The fourth-order valence-electron chi connectivity index (χ4n) is 3.43. The second kappa shape index (κ2) is 9.87. The number of carbonyl (C=O) groups excluding carboxylic acids is 3. The van der Waals surface area contributed by atoms with Gasteiger partial charge in [0.15, 0.2) is 0 Å². The molecule has 1 saturated heterocycles. The molecule has 1 N–H and O–H groups in total. The van der Waals surface area contributed by atoms with Gasteiger partial charge in [0.25, 0.3) is 17.5 Å². The fourth-order valence-corrected chi connectivity index (χ4v) is 3.60. The van der Waals surface area contributed by atoms with Crippen molar-refractivity contribution in [1.82, 2.24) is 5.32 Å². The number of nitro groups is 2. The highest BCUT2D eigenvalue weighted by molar-refractivity contribution is 6.39. The number of ether oxygens (including phenoxy) is 1. The average Bonchev–Trinajstić information content (AvgIpc) is 2.84. The number of barbiturate groups is 1. The number of urea groups is 1. The molecule has 0 saturated carbocycles. The van der Waals surface area contributed by atoms with Gasteiger partial charge in [0.2, 0.25) is 5.75 Å². The second-order valence-corrected chi connectivity index (χ2v) is 8.10. The monoisotopic (exact) mass is 522 g/mol. The van der Waals surface area contributed by atoms with Crippen molar-refractivity contribution >= 4 is 52.6 Å². The maximum atomic E-state index is 13.2. The summed E-state index contributed by atoms with van der Waals surface area (Å²) in [6, 6.07) is 12.4. The number of carbonyl (C=O) groups is 3. The number of nitrogens with one attached hydrogen (secondary N) is 1. The molecule has 12 nitrogen and oxygen atoms in total. The number of aryl methyl sites for hydroxylation is 1. The number of benzene rings is 3. The summed E-state index contributed by atoms with van der Waals surface area (Å²) in [6.07, 6.45) is 1.17. The Kier molecular flexibility index (Phi) is 6.67. The summed E-state index contributed by atoms with van der Waals surface area (Å²) in [6.45, 7) is 1.74. The van der Waals surface area contributed by atoms with E-state index in [1.54, 1.807) is 25.1 Å². The Morgan fingerprint density at radius 1 is 0.946 bits per heavy atom. The van der Waals surface area contributed by atoms with E-state index in [9.17, 15) is 34.6 Å². The molecule has 0 aliphatic carbocycles. The van der Waals surface area contributed by atoms with E-state index in [0.717, 1.165) is 23.1 Å². The highest BCUT2D eigenvalue weighted by atomic mass is 35.5. The quantitative estimate of drug-likeness (QED) is 0.206. The van der Waals surface area contributed by atoms with Crippen LogP contribution >= 0.6 is 11.6 Å². The van der Waals surface area contributed by atoms with Crippen LogP contribution in [-0.2, 0) is 9.59 Å². The normalized spacial score (nSPS) is 14.5. The lowest BCUT2D eigenvalue weighted by Crippen LogP contribution is -2.54. The minimum Gasteiger partial charge on any atom is -0.449 e. The van der Waals surface area contributed by atoms with Crippen molar-refractivity contribution < 1.29 is 29.0 Å². The van der Waals surface area contributed by atoms with E-state index in [2.05, 4.69) is 5.32 Å². The number of nitro benzene ring substituents is 2. The summed E-state index contributed by atoms with van der Waals surface area (Å²) in [4.78, 5) is 59.8. The minimum absolute atomic E-state index is 0.00869. The Morgan fingerprint density at radius 3 is 2.35 bits per heavy atom. The predicted molar refractivity (Wildman–Crippen MR) is 131 cm³/mol. The van der Waals surface area contributed by atoms with Crippen LogP contribution in [0.4, 0.5) is 21.9 Å². The van der Waals surface area contributed by atoms with Crippen LogP contribution < -0.4 is 15.0 Å². The number of hydrogen-bond acceptors (Lipinski definition) is 8. The van der Waals surface area contributed by atoms with E-state index in [4.69, 9.17) is 16.3 Å². The van der Waals surface area contributed by atoms with E-state index < -0.39 is 44.6 Å². The Bertz CT molecular complexity index is 1530. The molecule has 1 heterocycles. The summed E-state index contributed by atoms with van der Waals surface area (Å²) in [7, 11) is 0. The predicted octanol–water partition coefficient (Wildman–Crippen LogP) is 4.92. The smallest absolute Gasteiger partial charge is 0.335 e. The van der Waals surface area contributed by atoms with Crippen LogP contribution in [0, 0.1) is 27.2 Å². The van der Waals surface area contributed by atoms with E-state index in [0.29, 0.717) is 10.6 Å². The molecule has 13 heteroatoms. The molecule has 1 aliphatic heterocycles. The molecule has 0 spiro atoms. The highest BCUT2D eigenvalue weighted by Crippen LogP contribution is 2.36. The van der Waals surface area contributed by atoms with Gasteiger partial charge < -0.3 is 4.74 Å². The molecule has 4 amide bonds. The van der Waals surface area contributed by atoms with E-state index >= 15 is 0 Å². The zero-order valence-corrected chi connectivity index (χ0v) is 19.6. The van der Waals surface area contributed by atoms with Gasteiger partial charge in [-0.1, -0.05) is 35.9 Å². The van der Waals surface area contributed by atoms with Crippen LogP contribution in [0.25, 0.3) is 6.08 Å². The van der Waals surface area contributed by atoms with Gasteiger partial charge in [-0.25, -0.2) is 9.69 Å². The standard InChI is InChI=1S/C24H15ClN4O8/c1-13-6-7-15(11-18(13)25)27-23(31)17(22(30)26-24(27)32)10-14-4-2-3-5-20(14)37-21-9-8-16(28(33)34)12-19(21)29(35)36/h2-12H,1H3,(H,26,30,32)/b17-10+. The number of amides is 4. The van der Waals surface area contributed by atoms with E-state index in [-0.39, 0.29) is 22.7 Å². The molecular weight excluding hydrogens is 508 g/mol. The van der Waals surface area contributed by atoms with Crippen molar-refractivity contribution in [3.63, 3.8) is 0 Å². The zero-order chi connectivity index (χ0) is 26.9. The maximum absolute atomic E-state index is 13.2. The molecule has 3 aromatic rings. The van der Waals surface area contributed by atoms with Crippen molar-refractivity contribution in [1.29, 1.82) is 0 Å². The number of nitrogens with zero attached hydrogens (tertiary/aromatic N) is 3. The van der Waals surface area contributed by atoms with Crippen LogP contribution in [0.1, 0.15) is 11.1 Å². The lowest BCUT2D eigenvalue weighted by atomic mass is 10.1. The number of non-ortho nitro benzene ring substituents is 1. The molecule has 0 atom stereocenters. The lowest BCUT2D eigenvalue weighted by molar-refractivity contribution is -0.394. The lowest BCUT2D eigenvalue weighted by Gasteiger charge is -2.26. The SMILES string of the molecule is Cc1ccc(N2C(=O)NC(=O)/C(=C\c3ccccc3Oc3ccc([N+](=O)[O-])cc3[N+](=O)[O-])C2=O)cc1Cl. The summed E-state index contributed by atoms with van der Waals surface area (Å²) in [5.41, 5.74) is -0.539. The molecule has 0 aromatic heterocycles. The van der Waals surface area contributed by atoms with Crippen LogP contribution in [0.5, 0.6) is 11.5 Å². The summed E-state index contributed by atoms with van der Waals surface area (Å²) in [5, 5.41) is 24.9. The fraction of sp³-hybridized carbons (Fsp3) is 0.0417. The first-order valence-electron chi connectivity index (χ1n) is 10.4. The van der Waals surface area contributed by atoms with Crippen molar-refractivity contribution in [3.05, 3.63) is 103 Å². The molecular formula is C24H15ClN4O8.